The normalized spacial score (nSPS) is 13.0. The van der Waals surface area contributed by atoms with Gasteiger partial charge in [0.25, 0.3) is 0 Å². The van der Waals surface area contributed by atoms with Gasteiger partial charge in [-0.1, -0.05) is 158 Å². The molecule has 1 aliphatic rings. The molecule has 0 spiro atoms. The van der Waals surface area contributed by atoms with E-state index in [2.05, 4.69) is 140 Å². The lowest BCUT2D eigenvalue weighted by molar-refractivity contribution is 0.300. The summed E-state index contributed by atoms with van der Waals surface area (Å²) in [5.74, 6) is 2.13. The number of fused-ring (bicyclic) bond motifs is 8. The molecule has 0 unspecified atom stereocenters. The molecule has 0 fully saturated rings. The monoisotopic (exact) mass is 872 g/mol. The van der Waals surface area contributed by atoms with Gasteiger partial charge in [-0.05, 0) is 102 Å². The predicted octanol–water partition coefficient (Wildman–Crippen LogP) is 13.1. The summed E-state index contributed by atoms with van der Waals surface area (Å²) in [5, 5.41) is 24.3. The first kappa shape index (κ1) is 39.7. The molecule has 56 heavy (non-hydrogen) atoms. The molecule has 2 N–H and O–H groups in total. The second-order valence-electron chi connectivity index (χ2n) is 17.1. The number of halogens is 2. The predicted molar refractivity (Wildman–Crippen MR) is 235 cm³/mol. The summed E-state index contributed by atoms with van der Waals surface area (Å²) in [5.41, 5.74) is 11.4. The standard InChI is InChI=1S/C50H50Br2O4/c1-49(2,3)41-25-37-23-36-12-8-11-35(47(36)55-29-31-13-17-43(51)18-14-31)21-33-9-7-10-34(45(33)53)22-39-27-42(50(4,5)6)28-40(24-38(26-41)46(37)54)48(39)56-30-32-15-19-44(52)20-16-32/h7-20,25-28,53-54H,21-24,29-30H2,1-6H3. The van der Waals surface area contributed by atoms with E-state index in [9.17, 15) is 10.2 Å². The van der Waals surface area contributed by atoms with Crippen LogP contribution in [-0.4, -0.2) is 10.2 Å². The SMILES string of the molecule is CC(C)(C)c1cc2c(O)c(c1)Cc1cc(C(C)(C)C)cc(c1OCc1ccc(Br)cc1)Cc1cccc(c1O)Cc1cccc(c1OCc1ccc(Br)cc1)C2. The van der Waals surface area contributed by atoms with Crippen LogP contribution >= 0.6 is 31.9 Å². The van der Waals surface area contributed by atoms with Crippen molar-refractivity contribution in [2.24, 2.45) is 0 Å². The van der Waals surface area contributed by atoms with E-state index in [1.807, 2.05) is 42.5 Å². The second-order valence-corrected chi connectivity index (χ2v) is 19.0. The number of para-hydroxylation sites is 2. The second kappa shape index (κ2) is 16.1. The highest BCUT2D eigenvalue weighted by Crippen LogP contribution is 2.42. The molecule has 6 aromatic carbocycles. The van der Waals surface area contributed by atoms with E-state index in [0.717, 1.165) is 81.6 Å². The number of rotatable bonds is 6. The van der Waals surface area contributed by atoms with Gasteiger partial charge in [0, 0.05) is 34.6 Å². The maximum absolute atomic E-state index is 12.3. The van der Waals surface area contributed by atoms with Gasteiger partial charge in [0.1, 0.15) is 36.2 Å². The zero-order chi connectivity index (χ0) is 39.8. The fourth-order valence-corrected chi connectivity index (χ4v) is 7.95. The maximum atomic E-state index is 12.3. The van der Waals surface area contributed by atoms with E-state index in [4.69, 9.17) is 9.47 Å². The van der Waals surface area contributed by atoms with Gasteiger partial charge in [0.15, 0.2) is 0 Å². The van der Waals surface area contributed by atoms with Gasteiger partial charge in [-0.2, -0.15) is 0 Å². The molecule has 6 aromatic rings. The maximum Gasteiger partial charge on any atom is 0.126 e. The fraction of sp³-hybridized carbons (Fsp3) is 0.280. The molecular formula is C50H50Br2O4. The molecule has 8 bridgehead atoms. The summed E-state index contributed by atoms with van der Waals surface area (Å²) in [6, 6.07) is 37.4. The third-order valence-corrected chi connectivity index (χ3v) is 11.8. The molecule has 0 atom stereocenters. The Morgan fingerprint density at radius 1 is 0.446 bits per heavy atom. The fourth-order valence-electron chi connectivity index (χ4n) is 7.42. The molecule has 6 heteroatoms. The molecule has 0 amide bonds. The van der Waals surface area contributed by atoms with E-state index < -0.39 is 0 Å². The van der Waals surface area contributed by atoms with Crippen molar-refractivity contribution in [1.82, 2.24) is 0 Å². The third kappa shape index (κ3) is 9.03. The lowest BCUT2D eigenvalue weighted by atomic mass is 9.81. The molecule has 7 rings (SSSR count). The highest BCUT2D eigenvalue weighted by atomic mass is 79.9. The number of hydrogen-bond acceptors (Lipinski definition) is 4. The van der Waals surface area contributed by atoms with Crippen LogP contribution in [0.2, 0.25) is 0 Å². The first-order valence-electron chi connectivity index (χ1n) is 19.3. The Morgan fingerprint density at radius 2 is 0.768 bits per heavy atom. The van der Waals surface area contributed by atoms with Crippen LogP contribution in [0.5, 0.6) is 23.0 Å². The van der Waals surface area contributed by atoms with E-state index >= 15 is 0 Å². The molecule has 288 valence electrons. The van der Waals surface area contributed by atoms with E-state index in [1.54, 1.807) is 0 Å². The van der Waals surface area contributed by atoms with Gasteiger partial charge in [-0.3, -0.25) is 0 Å². The lowest BCUT2D eigenvalue weighted by Crippen LogP contribution is -2.15. The van der Waals surface area contributed by atoms with Gasteiger partial charge in [-0.15, -0.1) is 0 Å². The Hall–Kier alpha value is -4.52. The van der Waals surface area contributed by atoms with Crippen molar-refractivity contribution < 1.29 is 19.7 Å². The minimum absolute atomic E-state index is 0.158. The summed E-state index contributed by atoms with van der Waals surface area (Å²) in [6.07, 6.45) is 1.88. The Labute approximate surface area is 348 Å². The number of aromatic hydroxyl groups is 2. The van der Waals surface area contributed by atoms with Crippen LogP contribution in [0.25, 0.3) is 0 Å². The van der Waals surface area contributed by atoms with Gasteiger partial charge in [0.2, 0.25) is 0 Å². The van der Waals surface area contributed by atoms with Crippen LogP contribution in [0, 0.1) is 0 Å². The number of phenolic OH excluding ortho intramolecular Hbond substituents is 2. The Morgan fingerprint density at radius 3 is 1.20 bits per heavy atom. The number of benzene rings is 6. The molecule has 0 heterocycles. The molecule has 4 nitrogen and oxygen atoms in total. The van der Waals surface area contributed by atoms with Crippen molar-refractivity contribution in [3.05, 3.63) is 185 Å². The van der Waals surface area contributed by atoms with Crippen LogP contribution in [0.3, 0.4) is 0 Å². The van der Waals surface area contributed by atoms with Gasteiger partial charge in [0.05, 0.1) is 0 Å². The molecule has 0 saturated carbocycles. The smallest absolute Gasteiger partial charge is 0.126 e. The molecule has 0 aromatic heterocycles. The number of hydrogen-bond donors (Lipinski definition) is 2. The Balaban J connectivity index is 1.44. The van der Waals surface area contributed by atoms with Crippen molar-refractivity contribution in [2.75, 3.05) is 0 Å². The van der Waals surface area contributed by atoms with Crippen LogP contribution in [0.4, 0.5) is 0 Å². The Bertz CT molecular complexity index is 2360. The molecular weight excluding hydrogens is 824 g/mol. The molecule has 0 saturated heterocycles. The topological polar surface area (TPSA) is 58.9 Å². The van der Waals surface area contributed by atoms with Crippen LogP contribution in [-0.2, 0) is 49.7 Å². The highest BCUT2D eigenvalue weighted by Gasteiger charge is 2.26. The summed E-state index contributed by atoms with van der Waals surface area (Å²) >= 11 is 7.11. The number of ether oxygens (including phenoxy) is 2. The van der Waals surface area contributed by atoms with E-state index in [-0.39, 0.29) is 16.6 Å². The van der Waals surface area contributed by atoms with Crippen molar-refractivity contribution in [3.8, 4) is 23.0 Å². The average molecular weight is 875 g/mol. The van der Waals surface area contributed by atoms with Gasteiger partial charge >= 0.3 is 0 Å². The number of phenols is 2. The molecule has 1 aliphatic carbocycles. The van der Waals surface area contributed by atoms with Crippen molar-refractivity contribution >= 4 is 31.9 Å². The van der Waals surface area contributed by atoms with Crippen molar-refractivity contribution in [2.45, 2.75) is 91.3 Å². The minimum Gasteiger partial charge on any atom is -0.507 e. The quantitative estimate of drug-likeness (QED) is 0.175. The zero-order valence-electron chi connectivity index (χ0n) is 33.1. The third-order valence-electron chi connectivity index (χ3n) is 10.7. The summed E-state index contributed by atoms with van der Waals surface area (Å²) < 4.78 is 15.6. The summed E-state index contributed by atoms with van der Waals surface area (Å²) in [6.45, 7) is 14.1. The van der Waals surface area contributed by atoms with Crippen LogP contribution in [0.1, 0.15) is 108 Å². The van der Waals surface area contributed by atoms with Gasteiger partial charge in [-0.25, -0.2) is 0 Å². The highest BCUT2D eigenvalue weighted by molar-refractivity contribution is 9.10. The zero-order valence-corrected chi connectivity index (χ0v) is 36.3. The van der Waals surface area contributed by atoms with Crippen molar-refractivity contribution in [1.29, 1.82) is 0 Å². The molecule has 0 aliphatic heterocycles. The first-order chi connectivity index (χ1) is 26.6. The summed E-state index contributed by atoms with van der Waals surface area (Å²) in [7, 11) is 0. The largest absolute Gasteiger partial charge is 0.507 e. The summed E-state index contributed by atoms with van der Waals surface area (Å²) in [4.78, 5) is 0. The van der Waals surface area contributed by atoms with Crippen LogP contribution < -0.4 is 9.47 Å². The van der Waals surface area contributed by atoms with E-state index in [0.29, 0.717) is 44.6 Å². The van der Waals surface area contributed by atoms with Crippen LogP contribution in [0.15, 0.2) is 118 Å². The average Bonchev–Trinajstić information content (AvgIpc) is 3.14. The van der Waals surface area contributed by atoms with Gasteiger partial charge < -0.3 is 19.7 Å². The Kier molecular flexibility index (Phi) is 11.5. The molecule has 0 radical (unpaired) electrons. The van der Waals surface area contributed by atoms with E-state index in [1.165, 1.54) is 5.56 Å². The minimum atomic E-state index is -0.166. The lowest BCUT2D eigenvalue weighted by Gasteiger charge is -2.26. The van der Waals surface area contributed by atoms with Crippen molar-refractivity contribution in [3.63, 3.8) is 0 Å². The first-order valence-corrected chi connectivity index (χ1v) is 20.9.